The third-order valence-electron chi connectivity index (χ3n) is 2.18. The molecular weight excluding hydrogens is 315 g/mol. The van der Waals surface area contributed by atoms with Gasteiger partial charge in [-0.2, -0.15) is 0 Å². The lowest BCUT2D eigenvalue weighted by Crippen LogP contribution is -2.10. The summed E-state index contributed by atoms with van der Waals surface area (Å²) in [5.74, 6) is -1.27. The van der Waals surface area contributed by atoms with Crippen LogP contribution in [0.2, 0.25) is 0 Å². The van der Waals surface area contributed by atoms with Crippen molar-refractivity contribution < 1.29 is 8.78 Å². The maximum absolute atomic E-state index is 13.6. The number of aromatic amines is 1. The number of aromatic nitrogens is 1. The van der Waals surface area contributed by atoms with E-state index in [-0.39, 0.29) is 16.5 Å². The van der Waals surface area contributed by atoms with Gasteiger partial charge in [0.05, 0.1) is 14.5 Å². The van der Waals surface area contributed by atoms with Crippen LogP contribution in [0.3, 0.4) is 0 Å². The summed E-state index contributed by atoms with van der Waals surface area (Å²) in [6, 6.07) is 1.07. The number of nitrogens with one attached hydrogen (secondary N) is 1. The Bertz CT molecular complexity index is 606. The number of fused-ring (bicyclic) bond motifs is 1. The summed E-state index contributed by atoms with van der Waals surface area (Å²) in [6.07, 6.45) is 1.36. The minimum absolute atomic E-state index is 0.0801. The van der Waals surface area contributed by atoms with Crippen molar-refractivity contribution in [3.8, 4) is 0 Å². The number of rotatable bonds is 0. The number of aryl methyl sites for hydroxylation is 1. The Morgan fingerprint density at radius 2 is 2.07 bits per heavy atom. The standard InChI is InChI=1S/C10H6F2INO/c1-4-2-5(11)9-7(8(4)12)10(15)6(13)3-14-9/h2-3H,1H3,(H,14,15). The van der Waals surface area contributed by atoms with Crippen molar-refractivity contribution in [2.75, 3.05) is 0 Å². The van der Waals surface area contributed by atoms with Crippen LogP contribution in [-0.4, -0.2) is 4.98 Å². The average Bonchev–Trinajstić information content (AvgIpc) is 2.19. The molecule has 78 valence electrons. The van der Waals surface area contributed by atoms with E-state index in [1.54, 1.807) is 22.6 Å². The van der Waals surface area contributed by atoms with Crippen LogP contribution in [-0.2, 0) is 0 Å². The quantitative estimate of drug-likeness (QED) is 0.744. The van der Waals surface area contributed by atoms with Crippen molar-refractivity contribution in [3.05, 3.63) is 43.3 Å². The summed E-state index contributed by atoms with van der Waals surface area (Å²) in [7, 11) is 0. The molecule has 2 aromatic rings. The van der Waals surface area contributed by atoms with Crippen LogP contribution in [0.25, 0.3) is 10.9 Å². The van der Waals surface area contributed by atoms with E-state index in [2.05, 4.69) is 4.98 Å². The predicted octanol–water partition coefficient (Wildman–Crippen LogP) is 2.72. The molecule has 0 aliphatic rings. The van der Waals surface area contributed by atoms with Gasteiger partial charge in [-0.1, -0.05) is 0 Å². The van der Waals surface area contributed by atoms with Gasteiger partial charge in [0, 0.05) is 6.20 Å². The number of pyridine rings is 1. The highest BCUT2D eigenvalue weighted by Gasteiger charge is 2.14. The van der Waals surface area contributed by atoms with E-state index in [1.165, 1.54) is 13.1 Å². The Kier molecular flexibility index (Phi) is 2.49. The molecule has 0 fully saturated rings. The molecule has 1 aromatic carbocycles. The molecule has 2 rings (SSSR count). The first kappa shape index (κ1) is 10.5. The van der Waals surface area contributed by atoms with E-state index in [0.717, 1.165) is 6.07 Å². The third-order valence-corrected chi connectivity index (χ3v) is 2.99. The smallest absolute Gasteiger partial charge is 0.205 e. The van der Waals surface area contributed by atoms with Gasteiger partial charge in [-0.15, -0.1) is 0 Å². The molecule has 0 saturated carbocycles. The van der Waals surface area contributed by atoms with Gasteiger partial charge in [0.2, 0.25) is 5.43 Å². The number of hydrogen-bond donors (Lipinski definition) is 1. The molecule has 0 bridgehead atoms. The highest BCUT2D eigenvalue weighted by atomic mass is 127. The van der Waals surface area contributed by atoms with Gasteiger partial charge < -0.3 is 4.98 Å². The van der Waals surface area contributed by atoms with Crippen LogP contribution in [0.4, 0.5) is 8.78 Å². The lowest BCUT2D eigenvalue weighted by atomic mass is 10.1. The fraction of sp³-hybridized carbons (Fsp3) is 0.100. The lowest BCUT2D eigenvalue weighted by Gasteiger charge is -2.04. The van der Waals surface area contributed by atoms with Gasteiger partial charge in [0.15, 0.2) is 0 Å². The first-order valence-corrected chi connectivity index (χ1v) is 5.25. The maximum atomic E-state index is 13.6. The zero-order chi connectivity index (χ0) is 11.2. The SMILES string of the molecule is Cc1cc(F)c2[nH]cc(I)c(=O)c2c1F. The fourth-order valence-corrected chi connectivity index (χ4v) is 1.85. The summed E-state index contributed by atoms with van der Waals surface area (Å²) in [5, 5.41) is -0.209. The molecule has 0 spiro atoms. The van der Waals surface area contributed by atoms with E-state index >= 15 is 0 Å². The van der Waals surface area contributed by atoms with Crippen LogP contribution in [0, 0.1) is 22.1 Å². The van der Waals surface area contributed by atoms with Crippen LogP contribution in [0.1, 0.15) is 5.56 Å². The molecule has 0 atom stereocenters. The van der Waals surface area contributed by atoms with Crippen LogP contribution >= 0.6 is 22.6 Å². The van der Waals surface area contributed by atoms with Gasteiger partial charge in [0.1, 0.15) is 11.6 Å². The number of hydrogen-bond acceptors (Lipinski definition) is 1. The van der Waals surface area contributed by atoms with Gasteiger partial charge >= 0.3 is 0 Å². The summed E-state index contributed by atoms with van der Waals surface area (Å²) in [4.78, 5) is 14.2. The summed E-state index contributed by atoms with van der Waals surface area (Å²) in [6.45, 7) is 1.43. The summed E-state index contributed by atoms with van der Waals surface area (Å²) in [5.41, 5.74) is -0.430. The molecule has 1 aromatic heterocycles. The summed E-state index contributed by atoms with van der Waals surface area (Å²) >= 11 is 1.78. The van der Waals surface area contributed by atoms with E-state index in [9.17, 15) is 13.6 Å². The largest absolute Gasteiger partial charge is 0.357 e. The monoisotopic (exact) mass is 321 g/mol. The van der Waals surface area contributed by atoms with Crippen molar-refractivity contribution in [2.24, 2.45) is 0 Å². The molecule has 15 heavy (non-hydrogen) atoms. The second kappa shape index (κ2) is 3.55. The number of halogens is 3. The topological polar surface area (TPSA) is 32.9 Å². The summed E-state index contributed by atoms with van der Waals surface area (Å²) < 4.78 is 27.4. The van der Waals surface area contributed by atoms with Crippen molar-refractivity contribution in [1.82, 2.24) is 4.98 Å². The minimum atomic E-state index is -0.661. The first-order chi connectivity index (χ1) is 7.02. The Morgan fingerprint density at radius 3 is 2.73 bits per heavy atom. The Labute approximate surface area is 97.5 Å². The zero-order valence-electron chi connectivity index (χ0n) is 7.70. The molecular formula is C10H6F2INO. The van der Waals surface area contributed by atoms with Crippen molar-refractivity contribution in [3.63, 3.8) is 0 Å². The van der Waals surface area contributed by atoms with Gasteiger partial charge in [-0.25, -0.2) is 8.78 Å². The average molecular weight is 321 g/mol. The molecule has 0 aliphatic carbocycles. The fourth-order valence-electron chi connectivity index (χ4n) is 1.43. The third kappa shape index (κ3) is 1.54. The van der Waals surface area contributed by atoms with Crippen molar-refractivity contribution in [2.45, 2.75) is 6.92 Å². The molecule has 0 aliphatic heterocycles. The van der Waals surface area contributed by atoms with Gasteiger partial charge in [-0.3, -0.25) is 4.79 Å². The lowest BCUT2D eigenvalue weighted by molar-refractivity contribution is 0.607. The Balaban J connectivity index is 3.12. The molecule has 0 amide bonds. The van der Waals surface area contributed by atoms with Crippen LogP contribution in [0.5, 0.6) is 0 Å². The van der Waals surface area contributed by atoms with E-state index < -0.39 is 17.1 Å². The van der Waals surface area contributed by atoms with Crippen molar-refractivity contribution >= 4 is 33.5 Å². The molecule has 1 heterocycles. The van der Waals surface area contributed by atoms with Crippen molar-refractivity contribution in [1.29, 1.82) is 0 Å². The minimum Gasteiger partial charge on any atom is -0.357 e. The molecule has 0 unspecified atom stereocenters. The highest BCUT2D eigenvalue weighted by molar-refractivity contribution is 14.1. The van der Waals surface area contributed by atoms with Gasteiger partial charge in [-0.05, 0) is 41.1 Å². The Hall–Kier alpha value is -0.980. The van der Waals surface area contributed by atoms with E-state index in [4.69, 9.17) is 0 Å². The first-order valence-electron chi connectivity index (χ1n) is 4.18. The normalized spacial score (nSPS) is 10.9. The number of H-pyrrole nitrogens is 1. The molecule has 5 heteroatoms. The second-order valence-electron chi connectivity index (χ2n) is 3.21. The highest BCUT2D eigenvalue weighted by Crippen LogP contribution is 2.20. The Morgan fingerprint density at radius 1 is 1.40 bits per heavy atom. The molecule has 2 nitrogen and oxygen atoms in total. The van der Waals surface area contributed by atoms with Crippen LogP contribution < -0.4 is 5.43 Å². The van der Waals surface area contributed by atoms with E-state index in [0.29, 0.717) is 3.57 Å². The molecule has 0 radical (unpaired) electrons. The van der Waals surface area contributed by atoms with Crippen LogP contribution in [0.15, 0.2) is 17.1 Å². The second-order valence-corrected chi connectivity index (χ2v) is 4.37. The van der Waals surface area contributed by atoms with E-state index in [1.807, 2.05) is 0 Å². The number of benzene rings is 1. The predicted molar refractivity (Wildman–Crippen MR) is 61.9 cm³/mol. The maximum Gasteiger partial charge on any atom is 0.205 e. The molecule has 1 N–H and O–H groups in total. The molecule has 0 saturated heterocycles. The van der Waals surface area contributed by atoms with Gasteiger partial charge in [0.25, 0.3) is 0 Å². The zero-order valence-corrected chi connectivity index (χ0v) is 9.85.